The van der Waals surface area contributed by atoms with Crippen molar-refractivity contribution < 1.29 is 22.0 Å². The zero-order valence-electron chi connectivity index (χ0n) is 12.4. The van der Waals surface area contributed by atoms with Crippen LogP contribution in [0.1, 0.15) is 5.56 Å². The lowest BCUT2D eigenvalue weighted by atomic mass is 10.1. The number of amides is 2. The van der Waals surface area contributed by atoms with E-state index >= 15 is 0 Å². The van der Waals surface area contributed by atoms with Crippen molar-refractivity contribution in [3.05, 3.63) is 59.7 Å². The first kappa shape index (κ1) is 17.8. The fourth-order valence-corrected chi connectivity index (χ4v) is 2.45. The Labute approximate surface area is 137 Å². The largest absolute Gasteiger partial charge is 0.338 e. The smallest absolute Gasteiger partial charge is 0.319 e. The van der Waals surface area contributed by atoms with E-state index in [9.17, 15) is 22.0 Å². The molecule has 2 rings (SSSR count). The number of anilines is 1. The molecule has 6 nitrogen and oxygen atoms in total. The summed E-state index contributed by atoms with van der Waals surface area (Å²) in [6.07, 6.45) is 0.421. The molecule has 128 valence electrons. The van der Waals surface area contributed by atoms with Gasteiger partial charge in [0.1, 0.15) is 0 Å². The lowest BCUT2D eigenvalue weighted by Crippen LogP contribution is -2.30. The Bertz CT molecular complexity index is 840. The lowest BCUT2D eigenvalue weighted by Gasteiger charge is -2.09. The van der Waals surface area contributed by atoms with E-state index in [2.05, 4.69) is 10.6 Å². The molecular formula is C15H15F2N3O3S. The quantitative estimate of drug-likeness (QED) is 0.764. The highest BCUT2D eigenvalue weighted by Gasteiger charge is 2.10. The molecule has 4 N–H and O–H groups in total. The Kier molecular flexibility index (Phi) is 5.47. The molecule has 0 bridgehead atoms. The fraction of sp³-hybridized carbons (Fsp3) is 0.133. The van der Waals surface area contributed by atoms with Crippen molar-refractivity contribution >= 4 is 21.7 Å². The van der Waals surface area contributed by atoms with Crippen LogP contribution in [0, 0.1) is 11.6 Å². The van der Waals surface area contributed by atoms with Crippen LogP contribution in [-0.2, 0) is 16.4 Å². The first-order valence-electron chi connectivity index (χ1n) is 6.88. The molecule has 24 heavy (non-hydrogen) atoms. The number of carbonyl (C=O) groups is 1. The number of benzene rings is 2. The summed E-state index contributed by atoms with van der Waals surface area (Å²) < 4.78 is 48.7. The van der Waals surface area contributed by atoms with Crippen molar-refractivity contribution in [1.82, 2.24) is 5.32 Å². The summed E-state index contributed by atoms with van der Waals surface area (Å²) >= 11 is 0. The number of hydrogen-bond donors (Lipinski definition) is 3. The predicted molar refractivity (Wildman–Crippen MR) is 84.9 cm³/mol. The van der Waals surface area contributed by atoms with Gasteiger partial charge in [0.2, 0.25) is 10.0 Å². The van der Waals surface area contributed by atoms with Crippen molar-refractivity contribution in [1.29, 1.82) is 0 Å². The average molecular weight is 355 g/mol. The van der Waals surface area contributed by atoms with Gasteiger partial charge in [-0.2, -0.15) is 0 Å². The molecular weight excluding hydrogens is 340 g/mol. The second-order valence-electron chi connectivity index (χ2n) is 4.92. The molecule has 9 heteroatoms. The van der Waals surface area contributed by atoms with Crippen LogP contribution < -0.4 is 15.8 Å². The summed E-state index contributed by atoms with van der Waals surface area (Å²) in [5.74, 6) is -2.19. The van der Waals surface area contributed by atoms with E-state index in [0.29, 0.717) is 6.42 Å². The van der Waals surface area contributed by atoms with Crippen LogP contribution in [0.5, 0.6) is 0 Å². The van der Waals surface area contributed by atoms with Gasteiger partial charge in [-0.15, -0.1) is 0 Å². The van der Waals surface area contributed by atoms with E-state index < -0.39 is 27.7 Å². The number of carbonyl (C=O) groups excluding carboxylic acids is 1. The zero-order valence-corrected chi connectivity index (χ0v) is 13.2. The second-order valence-corrected chi connectivity index (χ2v) is 6.48. The maximum atomic E-state index is 13.4. The van der Waals surface area contributed by atoms with Crippen LogP contribution in [0.25, 0.3) is 0 Å². The van der Waals surface area contributed by atoms with Crippen LogP contribution >= 0.6 is 0 Å². The van der Waals surface area contributed by atoms with Crippen LogP contribution in [0.2, 0.25) is 0 Å². The van der Waals surface area contributed by atoms with Gasteiger partial charge in [-0.05, 0) is 36.2 Å². The number of rotatable bonds is 5. The van der Waals surface area contributed by atoms with E-state index in [1.165, 1.54) is 24.3 Å². The fourth-order valence-electron chi connectivity index (χ4n) is 1.93. The highest BCUT2D eigenvalue weighted by molar-refractivity contribution is 7.89. The van der Waals surface area contributed by atoms with E-state index in [-0.39, 0.29) is 17.1 Å². The summed E-state index contributed by atoms with van der Waals surface area (Å²) in [5, 5.41) is 9.69. The molecule has 2 amide bonds. The summed E-state index contributed by atoms with van der Waals surface area (Å²) in [7, 11) is -3.74. The summed E-state index contributed by atoms with van der Waals surface area (Å²) in [4.78, 5) is 11.6. The first-order chi connectivity index (χ1) is 11.3. The molecule has 0 aliphatic carbocycles. The topological polar surface area (TPSA) is 101 Å². The molecule has 0 heterocycles. The van der Waals surface area contributed by atoms with Gasteiger partial charge in [0.25, 0.3) is 0 Å². The Morgan fingerprint density at radius 3 is 2.38 bits per heavy atom. The normalized spacial score (nSPS) is 11.1. The van der Waals surface area contributed by atoms with E-state index in [1.807, 2.05) is 0 Å². The van der Waals surface area contributed by atoms with Gasteiger partial charge in [0, 0.05) is 6.54 Å². The maximum absolute atomic E-state index is 13.4. The van der Waals surface area contributed by atoms with Gasteiger partial charge in [-0.3, -0.25) is 0 Å². The van der Waals surface area contributed by atoms with Crippen LogP contribution in [-0.4, -0.2) is 21.0 Å². The molecule has 0 fully saturated rings. The Hall–Kier alpha value is -2.52. The summed E-state index contributed by atoms with van der Waals surface area (Å²) in [6, 6.07) is 8.67. The Balaban J connectivity index is 1.85. The van der Waals surface area contributed by atoms with Crippen molar-refractivity contribution in [2.24, 2.45) is 5.14 Å². The zero-order chi connectivity index (χ0) is 17.7. The highest BCUT2D eigenvalue weighted by Crippen LogP contribution is 2.16. The van der Waals surface area contributed by atoms with E-state index in [0.717, 1.165) is 11.6 Å². The van der Waals surface area contributed by atoms with Crippen LogP contribution in [0.15, 0.2) is 47.4 Å². The summed E-state index contributed by atoms with van der Waals surface area (Å²) in [5.41, 5.74) is 0.518. The van der Waals surface area contributed by atoms with Gasteiger partial charge in [0.05, 0.1) is 10.6 Å². The molecule has 2 aromatic carbocycles. The first-order valence-corrected chi connectivity index (χ1v) is 8.42. The van der Waals surface area contributed by atoms with E-state index in [1.54, 1.807) is 12.1 Å². The van der Waals surface area contributed by atoms with Gasteiger partial charge in [-0.25, -0.2) is 27.1 Å². The maximum Gasteiger partial charge on any atom is 0.319 e. The van der Waals surface area contributed by atoms with Gasteiger partial charge in [0.15, 0.2) is 11.6 Å². The second kappa shape index (κ2) is 7.37. The number of primary sulfonamides is 1. The third-order valence-corrected chi connectivity index (χ3v) is 4.08. The third-order valence-electron chi connectivity index (χ3n) is 3.15. The van der Waals surface area contributed by atoms with Crippen LogP contribution in [0.3, 0.4) is 0 Å². The minimum atomic E-state index is -3.74. The molecule has 0 aliphatic heterocycles. The van der Waals surface area contributed by atoms with Crippen molar-refractivity contribution in [2.75, 3.05) is 11.9 Å². The molecule has 0 aromatic heterocycles. The van der Waals surface area contributed by atoms with E-state index in [4.69, 9.17) is 5.14 Å². The van der Waals surface area contributed by atoms with Crippen molar-refractivity contribution in [3.8, 4) is 0 Å². The standard InChI is InChI=1S/C15H15F2N3O3S/c16-12-2-1-3-13(14(12)17)20-15(21)19-9-8-10-4-6-11(7-5-10)24(18,22)23/h1-7H,8-9H2,(H2,18,22,23)(H2,19,20,21). The SMILES string of the molecule is NS(=O)(=O)c1ccc(CCNC(=O)Nc2cccc(F)c2F)cc1. The molecule has 0 aliphatic rings. The van der Waals surface area contributed by atoms with Gasteiger partial charge >= 0.3 is 6.03 Å². The summed E-state index contributed by atoms with van der Waals surface area (Å²) in [6.45, 7) is 0.220. The third kappa shape index (κ3) is 4.74. The molecule has 0 spiro atoms. The highest BCUT2D eigenvalue weighted by atomic mass is 32.2. The minimum Gasteiger partial charge on any atom is -0.338 e. The van der Waals surface area contributed by atoms with Crippen molar-refractivity contribution in [2.45, 2.75) is 11.3 Å². The molecule has 0 unspecified atom stereocenters. The predicted octanol–water partition coefficient (Wildman–Crippen LogP) is 1.98. The van der Waals surface area contributed by atoms with Crippen molar-refractivity contribution in [3.63, 3.8) is 0 Å². The molecule has 2 aromatic rings. The molecule has 0 radical (unpaired) electrons. The minimum absolute atomic E-state index is 0.00136. The molecule has 0 atom stereocenters. The Morgan fingerprint density at radius 2 is 1.75 bits per heavy atom. The number of hydrogen-bond acceptors (Lipinski definition) is 3. The number of sulfonamides is 1. The number of urea groups is 1. The average Bonchev–Trinajstić information content (AvgIpc) is 2.51. The molecule has 0 saturated heterocycles. The van der Waals surface area contributed by atoms with Gasteiger partial charge in [-0.1, -0.05) is 18.2 Å². The monoisotopic (exact) mass is 355 g/mol. The number of nitrogens with one attached hydrogen (secondary N) is 2. The number of nitrogens with two attached hydrogens (primary N) is 1. The number of halogens is 2. The molecule has 0 saturated carbocycles. The van der Waals surface area contributed by atoms with Gasteiger partial charge < -0.3 is 10.6 Å². The van der Waals surface area contributed by atoms with Crippen LogP contribution in [0.4, 0.5) is 19.3 Å². The lowest BCUT2D eigenvalue weighted by molar-refractivity contribution is 0.252. The Morgan fingerprint density at radius 1 is 1.08 bits per heavy atom.